The highest BCUT2D eigenvalue weighted by atomic mass is 35.5. The van der Waals surface area contributed by atoms with Gasteiger partial charge in [0.15, 0.2) is 11.6 Å². The molecule has 3 atom stereocenters. The number of hydrogen-bond donors (Lipinski definition) is 3. The van der Waals surface area contributed by atoms with E-state index in [4.69, 9.17) is 16.3 Å². The molecule has 1 aliphatic rings. The minimum atomic E-state index is -1.62. The van der Waals surface area contributed by atoms with E-state index in [-0.39, 0.29) is 24.3 Å². The molecule has 1 saturated heterocycles. The number of alkyl halides is 1. The van der Waals surface area contributed by atoms with Gasteiger partial charge in [0.25, 0.3) is 0 Å². The van der Waals surface area contributed by atoms with Crippen LogP contribution in [0.2, 0.25) is 0 Å². The summed E-state index contributed by atoms with van der Waals surface area (Å²) < 4.78 is 5.95. The molecule has 1 aliphatic heterocycles. The van der Waals surface area contributed by atoms with Crippen molar-refractivity contribution >= 4 is 23.2 Å². The highest BCUT2D eigenvalue weighted by Crippen LogP contribution is 2.31. The SMILES string of the molecule is CNCC(=O)C1(Cl)OC(C(=O)c2ccccc2)CNC1Cc1ccccc1.N. The summed E-state index contributed by atoms with van der Waals surface area (Å²) in [6.45, 7) is 0.356. The first-order valence-corrected chi connectivity index (χ1v) is 9.33. The van der Waals surface area contributed by atoms with Gasteiger partial charge in [-0.05, 0) is 19.0 Å². The predicted octanol–water partition coefficient (Wildman–Crippen LogP) is 2.35. The van der Waals surface area contributed by atoms with Crippen molar-refractivity contribution < 1.29 is 14.3 Å². The Morgan fingerprint density at radius 3 is 2.36 bits per heavy atom. The minimum Gasteiger partial charge on any atom is -0.344 e. The molecule has 6 nitrogen and oxygen atoms in total. The molecule has 0 amide bonds. The number of Topliss-reactive ketones (excluding diaryl/α,β-unsaturated/α-hetero) is 2. The molecule has 3 unspecified atom stereocenters. The average Bonchev–Trinajstić information content (AvgIpc) is 2.70. The number of morpholine rings is 1. The zero-order valence-electron chi connectivity index (χ0n) is 15.9. The first-order valence-electron chi connectivity index (χ1n) is 8.96. The number of ketones is 2. The number of halogens is 1. The Labute approximate surface area is 170 Å². The third-order valence-corrected chi connectivity index (χ3v) is 5.23. The van der Waals surface area contributed by atoms with Gasteiger partial charge in [-0.25, -0.2) is 0 Å². The van der Waals surface area contributed by atoms with Crippen LogP contribution >= 0.6 is 11.6 Å². The van der Waals surface area contributed by atoms with Crippen LogP contribution in [0.5, 0.6) is 0 Å². The number of ether oxygens (including phenoxy) is 1. The molecular formula is C21H26ClN3O3. The van der Waals surface area contributed by atoms with Gasteiger partial charge in [0, 0.05) is 12.1 Å². The van der Waals surface area contributed by atoms with Crippen molar-refractivity contribution in [2.45, 2.75) is 23.6 Å². The zero-order valence-corrected chi connectivity index (χ0v) is 16.6. The summed E-state index contributed by atoms with van der Waals surface area (Å²) in [7, 11) is 1.67. The number of nitrogens with one attached hydrogen (secondary N) is 2. The van der Waals surface area contributed by atoms with E-state index < -0.39 is 17.2 Å². The largest absolute Gasteiger partial charge is 0.344 e. The molecule has 0 spiro atoms. The van der Waals surface area contributed by atoms with Crippen molar-refractivity contribution in [3.8, 4) is 0 Å². The smallest absolute Gasteiger partial charge is 0.217 e. The number of carbonyl (C=O) groups is 2. The van der Waals surface area contributed by atoms with Crippen molar-refractivity contribution in [2.75, 3.05) is 20.1 Å². The Morgan fingerprint density at radius 2 is 1.75 bits per heavy atom. The first-order chi connectivity index (χ1) is 13.0. The summed E-state index contributed by atoms with van der Waals surface area (Å²) in [6, 6.07) is 18.2. The third-order valence-electron chi connectivity index (χ3n) is 4.66. The maximum Gasteiger partial charge on any atom is 0.217 e. The summed E-state index contributed by atoms with van der Waals surface area (Å²) in [5, 5.41) is 4.48. The lowest BCUT2D eigenvalue weighted by molar-refractivity contribution is -0.145. The second-order valence-corrected chi connectivity index (χ2v) is 7.15. The van der Waals surface area contributed by atoms with Crippen LogP contribution in [0.15, 0.2) is 60.7 Å². The van der Waals surface area contributed by atoms with Crippen LogP contribution in [-0.4, -0.2) is 48.9 Å². The first kappa shape index (κ1) is 22.2. The van der Waals surface area contributed by atoms with E-state index in [1.807, 2.05) is 36.4 Å². The molecule has 2 aromatic carbocycles. The number of rotatable bonds is 7. The van der Waals surface area contributed by atoms with Crippen molar-refractivity contribution in [1.29, 1.82) is 0 Å². The van der Waals surface area contributed by atoms with Crippen LogP contribution in [0, 0.1) is 0 Å². The van der Waals surface area contributed by atoms with Crippen LogP contribution in [-0.2, 0) is 16.0 Å². The van der Waals surface area contributed by atoms with Gasteiger partial charge >= 0.3 is 0 Å². The average molecular weight is 404 g/mol. The molecule has 1 fully saturated rings. The van der Waals surface area contributed by atoms with Crippen LogP contribution in [0.1, 0.15) is 15.9 Å². The van der Waals surface area contributed by atoms with Gasteiger partial charge in [-0.2, -0.15) is 0 Å². The molecule has 0 aromatic heterocycles. The molecule has 0 bridgehead atoms. The second-order valence-electron chi connectivity index (χ2n) is 6.59. The topological polar surface area (TPSA) is 102 Å². The normalized spacial score (nSPS) is 24.2. The van der Waals surface area contributed by atoms with Crippen LogP contribution in [0.4, 0.5) is 0 Å². The summed E-state index contributed by atoms with van der Waals surface area (Å²) in [5.74, 6) is -0.491. The van der Waals surface area contributed by atoms with Crippen molar-refractivity contribution in [3.63, 3.8) is 0 Å². The maximum absolute atomic E-state index is 12.8. The van der Waals surface area contributed by atoms with Crippen LogP contribution in [0.3, 0.4) is 0 Å². The fourth-order valence-corrected chi connectivity index (χ4v) is 3.57. The Balaban J connectivity index is 0.00000280. The quantitative estimate of drug-likeness (QED) is 0.484. The summed E-state index contributed by atoms with van der Waals surface area (Å²) >= 11 is 6.72. The van der Waals surface area contributed by atoms with Gasteiger partial charge in [-0.15, -0.1) is 0 Å². The monoisotopic (exact) mass is 403 g/mol. The number of benzene rings is 2. The Hall–Kier alpha value is -2.09. The van der Waals surface area contributed by atoms with E-state index in [0.29, 0.717) is 18.5 Å². The molecule has 0 radical (unpaired) electrons. The van der Waals surface area contributed by atoms with E-state index in [9.17, 15) is 9.59 Å². The molecule has 28 heavy (non-hydrogen) atoms. The van der Waals surface area contributed by atoms with E-state index in [2.05, 4.69) is 10.6 Å². The highest BCUT2D eigenvalue weighted by molar-refractivity contribution is 6.35. The van der Waals surface area contributed by atoms with Gasteiger partial charge in [-0.1, -0.05) is 72.3 Å². The van der Waals surface area contributed by atoms with Crippen molar-refractivity contribution in [1.82, 2.24) is 16.8 Å². The molecule has 3 rings (SSSR count). The molecule has 2 aromatic rings. The Morgan fingerprint density at radius 1 is 1.14 bits per heavy atom. The van der Waals surface area contributed by atoms with Gasteiger partial charge in [0.1, 0.15) is 6.10 Å². The molecule has 0 aliphatic carbocycles. The molecule has 0 saturated carbocycles. The lowest BCUT2D eigenvalue weighted by atomic mass is 9.94. The third kappa shape index (κ3) is 4.84. The van der Waals surface area contributed by atoms with Gasteiger partial charge in [0.05, 0.1) is 12.6 Å². The maximum atomic E-state index is 12.8. The second kappa shape index (κ2) is 9.91. The fraction of sp³-hybridized carbons (Fsp3) is 0.333. The van der Waals surface area contributed by atoms with Gasteiger partial charge in [0.2, 0.25) is 5.06 Å². The number of hydrogen-bond acceptors (Lipinski definition) is 6. The van der Waals surface area contributed by atoms with E-state index in [1.165, 1.54) is 0 Å². The van der Waals surface area contributed by atoms with Crippen LogP contribution < -0.4 is 16.8 Å². The number of likely N-dealkylation sites (N-methyl/N-ethyl adjacent to an activating group) is 1. The molecule has 150 valence electrons. The molecule has 1 heterocycles. The highest BCUT2D eigenvalue weighted by Gasteiger charge is 2.50. The number of carbonyl (C=O) groups excluding carboxylic acids is 2. The van der Waals surface area contributed by atoms with Crippen molar-refractivity contribution in [2.24, 2.45) is 0 Å². The lowest BCUT2D eigenvalue weighted by Crippen LogP contribution is -2.65. The van der Waals surface area contributed by atoms with Gasteiger partial charge < -0.3 is 21.5 Å². The Bertz CT molecular complexity index is 788. The predicted molar refractivity (Wildman–Crippen MR) is 110 cm³/mol. The van der Waals surface area contributed by atoms with E-state index in [0.717, 1.165) is 5.56 Å². The lowest BCUT2D eigenvalue weighted by Gasteiger charge is -2.42. The summed E-state index contributed by atoms with van der Waals surface area (Å²) in [5.41, 5.74) is 1.57. The fourth-order valence-electron chi connectivity index (χ4n) is 3.24. The zero-order chi connectivity index (χ0) is 19.3. The van der Waals surface area contributed by atoms with E-state index >= 15 is 0 Å². The minimum absolute atomic E-state index is 0. The van der Waals surface area contributed by atoms with Gasteiger partial charge in [-0.3, -0.25) is 9.59 Å². The van der Waals surface area contributed by atoms with E-state index in [1.54, 1.807) is 31.3 Å². The standard InChI is InChI=1S/C21H23ClN2O3.H3N/c1-23-14-19(25)21(22)18(12-15-8-4-2-5-9-15)24-13-17(27-21)20(26)16-10-6-3-7-11-16;/h2-11,17-18,23-24H,12-14H2,1H3;1H3. The summed E-state index contributed by atoms with van der Waals surface area (Å²) in [6.07, 6.45) is -0.302. The van der Waals surface area contributed by atoms with Crippen LogP contribution in [0.25, 0.3) is 0 Å². The van der Waals surface area contributed by atoms with Crippen molar-refractivity contribution in [3.05, 3.63) is 71.8 Å². The molecule has 7 heteroatoms. The molecule has 5 N–H and O–H groups in total. The summed E-state index contributed by atoms with van der Waals surface area (Å²) in [4.78, 5) is 25.5. The molecular weight excluding hydrogens is 378 g/mol. The Kier molecular flexibility index (Phi) is 7.86.